The second kappa shape index (κ2) is 17.9. The first kappa shape index (κ1) is 41.3. The van der Waals surface area contributed by atoms with E-state index in [0.29, 0.717) is 37.3 Å². The number of likely N-dealkylation sites (tertiary alicyclic amines) is 2. The van der Waals surface area contributed by atoms with Crippen molar-refractivity contribution in [1.82, 2.24) is 9.80 Å². The van der Waals surface area contributed by atoms with E-state index in [-0.39, 0.29) is 24.6 Å². The molecule has 0 atom stereocenters. The van der Waals surface area contributed by atoms with Crippen molar-refractivity contribution >= 4 is 51.9 Å². The van der Waals surface area contributed by atoms with Crippen molar-refractivity contribution in [3.8, 4) is 0 Å². The van der Waals surface area contributed by atoms with Gasteiger partial charge in [0.15, 0.2) is 0 Å². The number of piperidine rings is 2. The monoisotopic (exact) mass is 736 g/mol. The van der Waals surface area contributed by atoms with Crippen LogP contribution in [-0.4, -0.2) is 86.3 Å². The summed E-state index contributed by atoms with van der Waals surface area (Å²) in [5, 5.41) is 3.72. The molecule has 0 spiro atoms. The summed E-state index contributed by atoms with van der Waals surface area (Å²) >= 11 is 3.16. The number of hydrogen-bond acceptors (Lipinski definition) is 9. The summed E-state index contributed by atoms with van der Waals surface area (Å²) in [6, 6.07) is 0. The molecule has 12 heteroatoms. The maximum Gasteiger partial charge on any atom is 0.410 e. The van der Waals surface area contributed by atoms with Crippen LogP contribution in [0.5, 0.6) is 0 Å². The summed E-state index contributed by atoms with van der Waals surface area (Å²) in [4.78, 5) is 41.8. The van der Waals surface area contributed by atoms with Gasteiger partial charge >= 0.3 is 18.0 Å². The average Bonchev–Trinajstić information content (AvgIpc) is 3.63. The lowest BCUT2D eigenvalue weighted by Crippen LogP contribution is -2.40. The van der Waals surface area contributed by atoms with Gasteiger partial charge in [-0.2, -0.15) is 0 Å². The van der Waals surface area contributed by atoms with Crippen molar-refractivity contribution < 1.29 is 37.4 Å². The smallest absolute Gasteiger partial charge is 0.410 e. The second-order valence-corrected chi connectivity index (χ2v) is 15.6. The molecule has 0 aliphatic carbocycles. The van der Waals surface area contributed by atoms with E-state index in [0.717, 1.165) is 66.3 Å². The highest BCUT2D eigenvalue weighted by atomic mass is 32.1. The van der Waals surface area contributed by atoms with Crippen LogP contribution < -0.4 is 0 Å². The van der Waals surface area contributed by atoms with Gasteiger partial charge in [-0.05, 0) is 95.4 Å². The number of carbonyl (C=O) groups excluding carboxylic acids is 3. The van der Waals surface area contributed by atoms with Gasteiger partial charge in [0.05, 0.1) is 31.9 Å². The molecule has 2 fully saturated rings. The maximum absolute atomic E-state index is 13.2. The van der Waals surface area contributed by atoms with Crippen molar-refractivity contribution in [2.24, 2.45) is 0 Å². The van der Waals surface area contributed by atoms with Crippen LogP contribution in [0.1, 0.15) is 122 Å². The third kappa shape index (κ3) is 11.0. The summed E-state index contributed by atoms with van der Waals surface area (Å²) in [5.41, 5.74) is 7.99. The zero-order valence-corrected chi connectivity index (χ0v) is 33.0. The number of halogens is 2. The van der Waals surface area contributed by atoms with Crippen molar-refractivity contribution in [3.05, 3.63) is 53.9 Å². The van der Waals surface area contributed by atoms with Crippen molar-refractivity contribution in [3.63, 3.8) is 0 Å². The normalized spacial score (nSPS) is 15.6. The van der Waals surface area contributed by atoms with Crippen molar-refractivity contribution in [2.45, 2.75) is 105 Å². The Kier molecular flexibility index (Phi) is 14.8. The fourth-order valence-electron chi connectivity index (χ4n) is 6.46. The molecule has 4 rings (SSSR count). The molecule has 278 valence electrons. The molecule has 0 saturated carbocycles. The minimum atomic E-state index is -2.64. The first-order chi connectivity index (χ1) is 23.4. The number of allylic oxidation sites excluding steroid dienone is 2. The Labute approximate surface area is 304 Å². The molecule has 50 heavy (non-hydrogen) atoms. The fraction of sp³-hybridized carbons (Fsp3) is 0.605. The summed E-state index contributed by atoms with van der Waals surface area (Å²) in [7, 11) is 2.79. The molecule has 8 nitrogen and oxygen atoms in total. The highest BCUT2D eigenvalue weighted by molar-refractivity contribution is 7.12. The fourth-order valence-corrected chi connectivity index (χ4v) is 8.91. The molecule has 2 aromatic heterocycles. The Balaban J connectivity index is 0.000000271. The molecule has 0 radical (unpaired) electrons. The lowest BCUT2D eigenvalue weighted by molar-refractivity contribution is -0.0161. The van der Waals surface area contributed by atoms with Crippen LogP contribution in [0, 0.1) is 13.8 Å². The minimum absolute atomic E-state index is 0.174. The number of thiophene rings is 2. The molecule has 2 aromatic rings. The van der Waals surface area contributed by atoms with E-state index >= 15 is 0 Å². The van der Waals surface area contributed by atoms with Crippen LogP contribution in [-0.2, 0) is 14.2 Å². The number of ether oxygens (including phenoxy) is 3. The molecule has 0 aromatic carbocycles. The Morgan fingerprint density at radius 3 is 1.48 bits per heavy atom. The van der Waals surface area contributed by atoms with Gasteiger partial charge in [0.25, 0.3) is 5.92 Å². The number of methoxy groups -OCH3 is 2. The van der Waals surface area contributed by atoms with Gasteiger partial charge in [-0.15, -0.1) is 22.7 Å². The van der Waals surface area contributed by atoms with E-state index in [1.807, 2.05) is 50.3 Å². The Hall–Kier alpha value is -3.09. The number of nitrogens with zero attached hydrogens (tertiary/aromatic N) is 2. The molecule has 1 amide bonds. The molecular formula is C38H54F2N2O6S2. The Morgan fingerprint density at radius 1 is 0.740 bits per heavy atom. The van der Waals surface area contributed by atoms with E-state index in [1.165, 1.54) is 36.5 Å². The zero-order valence-electron chi connectivity index (χ0n) is 31.3. The van der Waals surface area contributed by atoms with Crippen LogP contribution >= 0.6 is 22.7 Å². The summed E-state index contributed by atoms with van der Waals surface area (Å²) in [6.45, 7) is 17.3. The number of hydrogen-bond donors (Lipinski definition) is 0. The summed E-state index contributed by atoms with van der Waals surface area (Å²) < 4.78 is 41.5. The molecular weight excluding hydrogens is 683 g/mol. The number of amides is 1. The molecule has 0 bridgehead atoms. The van der Waals surface area contributed by atoms with Gasteiger partial charge in [0, 0.05) is 53.6 Å². The molecule has 4 heterocycles. The van der Waals surface area contributed by atoms with Gasteiger partial charge in [-0.3, -0.25) is 4.90 Å². The quantitative estimate of drug-likeness (QED) is 0.197. The van der Waals surface area contributed by atoms with E-state index in [2.05, 4.69) is 13.8 Å². The predicted molar refractivity (Wildman–Crippen MR) is 199 cm³/mol. The third-order valence-electron chi connectivity index (χ3n) is 8.98. The largest absolute Gasteiger partial charge is 0.465 e. The van der Waals surface area contributed by atoms with Crippen molar-refractivity contribution in [2.75, 3.05) is 46.9 Å². The molecule has 0 N–H and O–H groups in total. The van der Waals surface area contributed by atoms with Crippen LogP contribution in [0.15, 0.2) is 21.9 Å². The van der Waals surface area contributed by atoms with Crippen LogP contribution in [0.25, 0.3) is 11.1 Å². The summed E-state index contributed by atoms with van der Waals surface area (Å²) in [5.74, 6) is -3.24. The third-order valence-corrected chi connectivity index (χ3v) is 11.3. The predicted octanol–water partition coefficient (Wildman–Crippen LogP) is 9.80. The minimum Gasteiger partial charge on any atom is -0.465 e. The van der Waals surface area contributed by atoms with E-state index in [9.17, 15) is 23.2 Å². The highest BCUT2D eigenvalue weighted by Gasteiger charge is 2.29. The maximum atomic E-state index is 13.2. The zero-order chi connectivity index (χ0) is 37.4. The number of rotatable bonds is 8. The van der Waals surface area contributed by atoms with Crippen LogP contribution in [0.3, 0.4) is 0 Å². The van der Waals surface area contributed by atoms with Gasteiger partial charge in [-0.25, -0.2) is 23.2 Å². The highest BCUT2D eigenvalue weighted by Crippen LogP contribution is 2.38. The Bertz CT molecular complexity index is 1560. The topological polar surface area (TPSA) is 85.4 Å². The number of alkyl halides is 2. The molecule has 2 aliphatic heterocycles. The van der Waals surface area contributed by atoms with Gasteiger partial charge in [0.2, 0.25) is 0 Å². The van der Waals surface area contributed by atoms with E-state index < -0.39 is 11.5 Å². The molecule has 2 aliphatic rings. The average molecular weight is 737 g/mol. The van der Waals surface area contributed by atoms with E-state index in [4.69, 9.17) is 14.2 Å². The SMILES string of the molecule is CCC(=C1CCN(C(=O)OC(C)(C)C)CC1)c1scc(C(=O)OC)c1C.CCC(=C1CCN(CC(C)(F)F)CC1)c1scc(C(=O)OC)c1C. The van der Waals surface area contributed by atoms with Gasteiger partial charge < -0.3 is 19.1 Å². The van der Waals surface area contributed by atoms with Crippen LogP contribution in [0.2, 0.25) is 0 Å². The summed E-state index contributed by atoms with van der Waals surface area (Å²) in [6.07, 6.45) is 4.84. The lowest BCUT2D eigenvalue weighted by Gasteiger charge is -2.32. The second-order valence-electron chi connectivity index (χ2n) is 13.9. The van der Waals surface area contributed by atoms with Gasteiger partial charge in [-0.1, -0.05) is 25.0 Å². The molecule has 2 saturated heterocycles. The van der Waals surface area contributed by atoms with E-state index in [1.54, 1.807) is 27.6 Å². The first-order valence-electron chi connectivity index (χ1n) is 17.3. The Morgan fingerprint density at radius 2 is 1.14 bits per heavy atom. The molecule has 0 unspecified atom stereocenters. The first-order valence-corrected chi connectivity index (χ1v) is 19.0. The lowest BCUT2D eigenvalue weighted by atomic mass is 9.93. The van der Waals surface area contributed by atoms with Crippen LogP contribution in [0.4, 0.5) is 13.6 Å². The number of carbonyl (C=O) groups is 3. The number of esters is 2. The van der Waals surface area contributed by atoms with Crippen molar-refractivity contribution in [1.29, 1.82) is 0 Å². The van der Waals surface area contributed by atoms with Gasteiger partial charge in [0.1, 0.15) is 5.60 Å². The standard InChI is InChI=1S/C20H29NO4S.C18H25F2NO2S/c1-7-15(17-13(2)16(12-26-17)18(22)24-6)14-8-10-21(11-9-14)19(23)25-20(3,4)5;1-5-14(16-12(2)15(10-24-16)17(22)23-4)13-6-8-21(9-7-13)11-18(3,19)20/h12H,7-11H2,1-6H3;10H,5-9,11H2,1-4H3.